The van der Waals surface area contributed by atoms with Crippen molar-refractivity contribution in [2.45, 2.75) is 11.9 Å². The summed E-state index contributed by atoms with van der Waals surface area (Å²) in [6.07, 6.45) is 0. The number of aromatic nitrogens is 2. The minimum absolute atomic E-state index is 0.0354. The first kappa shape index (κ1) is 17.8. The largest absolute Gasteiger partial charge is 0.293 e. The summed E-state index contributed by atoms with van der Waals surface area (Å²) in [5, 5.41) is 19.6. The first-order valence-corrected chi connectivity index (χ1v) is 8.83. The van der Waals surface area contributed by atoms with Crippen LogP contribution in [0.5, 0.6) is 0 Å². The fourth-order valence-corrected chi connectivity index (χ4v) is 2.98. The number of Topliss-reactive ketones (excluding diaryl/α,β-unsaturated/α-hetero) is 1. The number of carbonyl (C=O) groups excluding carboxylic acids is 1. The van der Waals surface area contributed by atoms with Crippen LogP contribution in [0.2, 0.25) is 0 Å². The maximum atomic E-state index is 12.2. The lowest BCUT2D eigenvalue weighted by molar-refractivity contribution is -0.384. The van der Waals surface area contributed by atoms with Gasteiger partial charge in [-0.05, 0) is 31.2 Å². The zero-order valence-electron chi connectivity index (χ0n) is 14.0. The van der Waals surface area contributed by atoms with E-state index < -0.39 is 4.92 Å². The van der Waals surface area contributed by atoms with Crippen LogP contribution in [0.3, 0.4) is 0 Å². The van der Waals surface area contributed by atoms with E-state index >= 15 is 0 Å². The summed E-state index contributed by atoms with van der Waals surface area (Å²) in [5.41, 5.74) is 3.34. The summed E-state index contributed by atoms with van der Waals surface area (Å²) in [6, 6.07) is 17.3. The highest BCUT2D eigenvalue weighted by atomic mass is 32.2. The number of aryl methyl sites for hydroxylation is 1. The molecule has 0 aliphatic carbocycles. The molecule has 0 saturated carbocycles. The van der Waals surface area contributed by atoms with Gasteiger partial charge in [-0.15, -0.1) is 10.2 Å². The SMILES string of the molecule is Cc1ccc(-c2ccc(SCC(=O)c3ccc([N+](=O)[O-])cc3)nn2)cc1. The zero-order chi connectivity index (χ0) is 18.5. The molecule has 1 aromatic heterocycles. The molecule has 3 rings (SSSR count). The van der Waals surface area contributed by atoms with E-state index in [0.717, 1.165) is 11.3 Å². The van der Waals surface area contributed by atoms with Crippen LogP contribution < -0.4 is 0 Å². The number of nitro groups is 1. The molecule has 7 heteroatoms. The van der Waals surface area contributed by atoms with Crippen molar-refractivity contribution >= 4 is 23.2 Å². The highest BCUT2D eigenvalue weighted by Crippen LogP contribution is 2.21. The normalized spacial score (nSPS) is 10.5. The van der Waals surface area contributed by atoms with Gasteiger partial charge in [-0.3, -0.25) is 14.9 Å². The van der Waals surface area contributed by atoms with E-state index in [1.165, 1.54) is 41.6 Å². The van der Waals surface area contributed by atoms with Gasteiger partial charge in [0.05, 0.1) is 16.4 Å². The fraction of sp³-hybridized carbons (Fsp3) is 0.105. The van der Waals surface area contributed by atoms with E-state index in [1.54, 1.807) is 0 Å². The molecule has 1 heterocycles. The first-order valence-electron chi connectivity index (χ1n) is 7.84. The minimum Gasteiger partial charge on any atom is -0.293 e. The standard InChI is InChI=1S/C19H15N3O3S/c1-13-2-4-14(5-3-13)17-10-11-19(21-20-17)26-12-18(23)15-6-8-16(9-7-15)22(24)25/h2-11H,12H2,1H3. The Hall–Kier alpha value is -3.06. The molecule has 2 aromatic carbocycles. The Morgan fingerprint density at radius 1 is 1.00 bits per heavy atom. The molecule has 0 amide bonds. The number of benzene rings is 2. The second kappa shape index (κ2) is 7.88. The third-order valence-corrected chi connectivity index (χ3v) is 4.66. The number of nitro benzene ring substituents is 1. The number of hydrogen-bond donors (Lipinski definition) is 0. The predicted molar refractivity (Wildman–Crippen MR) is 100 cm³/mol. The van der Waals surface area contributed by atoms with Crippen LogP contribution in [-0.2, 0) is 0 Å². The van der Waals surface area contributed by atoms with Gasteiger partial charge < -0.3 is 0 Å². The number of non-ortho nitro benzene ring substituents is 1. The molecular formula is C19H15N3O3S. The van der Waals surface area contributed by atoms with Gasteiger partial charge in [-0.25, -0.2) is 0 Å². The lowest BCUT2D eigenvalue weighted by Crippen LogP contribution is -2.03. The summed E-state index contributed by atoms with van der Waals surface area (Å²) < 4.78 is 0. The van der Waals surface area contributed by atoms with Gasteiger partial charge in [-0.1, -0.05) is 41.6 Å². The van der Waals surface area contributed by atoms with Crippen molar-refractivity contribution in [1.29, 1.82) is 0 Å². The van der Waals surface area contributed by atoms with Gasteiger partial charge in [0.25, 0.3) is 5.69 Å². The Morgan fingerprint density at radius 2 is 1.69 bits per heavy atom. The zero-order valence-corrected chi connectivity index (χ0v) is 14.8. The van der Waals surface area contributed by atoms with Crippen molar-refractivity contribution in [3.63, 3.8) is 0 Å². The Morgan fingerprint density at radius 3 is 2.27 bits per heavy atom. The molecule has 26 heavy (non-hydrogen) atoms. The summed E-state index contributed by atoms with van der Waals surface area (Å²) in [5.74, 6) is 0.0745. The number of hydrogen-bond acceptors (Lipinski definition) is 6. The summed E-state index contributed by atoms with van der Waals surface area (Å²) in [4.78, 5) is 22.3. The number of rotatable bonds is 6. The fourth-order valence-electron chi connectivity index (χ4n) is 2.27. The topological polar surface area (TPSA) is 86.0 Å². The van der Waals surface area contributed by atoms with E-state index in [1.807, 2.05) is 43.3 Å². The van der Waals surface area contributed by atoms with Crippen LogP contribution in [0.4, 0.5) is 5.69 Å². The van der Waals surface area contributed by atoms with Crippen LogP contribution in [0.25, 0.3) is 11.3 Å². The highest BCUT2D eigenvalue weighted by molar-refractivity contribution is 7.99. The number of carbonyl (C=O) groups is 1. The predicted octanol–water partition coefficient (Wildman–Crippen LogP) is 4.34. The molecule has 0 unspecified atom stereocenters. The molecule has 130 valence electrons. The maximum absolute atomic E-state index is 12.2. The van der Waals surface area contributed by atoms with Gasteiger partial charge in [0.2, 0.25) is 0 Å². The minimum atomic E-state index is -0.492. The van der Waals surface area contributed by atoms with Crippen LogP contribution in [0, 0.1) is 17.0 Å². The maximum Gasteiger partial charge on any atom is 0.269 e. The number of nitrogens with zero attached hydrogens (tertiary/aromatic N) is 3. The highest BCUT2D eigenvalue weighted by Gasteiger charge is 2.11. The molecule has 0 fully saturated rings. The van der Waals surface area contributed by atoms with Crippen LogP contribution in [0.15, 0.2) is 65.7 Å². The van der Waals surface area contributed by atoms with E-state index in [9.17, 15) is 14.9 Å². The van der Waals surface area contributed by atoms with E-state index in [2.05, 4.69) is 10.2 Å². The van der Waals surface area contributed by atoms with Crippen molar-refractivity contribution < 1.29 is 9.72 Å². The van der Waals surface area contributed by atoms with Gasteiger partial charge >= 0.3 is 0 Å². The molecule has 0 saturated heterocycles. The van der Waals surface area contributed by atoms with Crippen molar-refractivity contribution in [1.82, 2.24) is 10.2 Å². The smallest absolute Gasteiger partial charge is 0.269 e. The number of thioether (sulfide) groups is 1. The quantitative estimate of drug-likeness (QED) is 0.280. The van der Waals surface area contributed by atoms with Gasteiger partial charge in [0.15, 0.2) is 5.78 Å². The third kappa shape index (κ3) is 4.31. The third-order valence-electron chi connectivity index (χ3n) is 3.74. The van der Waals surface area contributed by atoms with Crippen molar-refractivity contribution in [3.8, 4) is 11.3 Å². The molecule has 0 spiro atoms. The summed E-state index contributed by atoms with van der Waals surface area (Å²) in [6.45, 7) is 2.02. The molecule has 0 aliphatic rings. The monoisotopic (exact) mass is 365 g/mol. The Bertz CT molecular complexity index is 924. The molecule has 3 aromatic rings. The molecule has 0 radical (unpaired) electrons. The summed E-state index contributed by atoms with van der Waals surface area (Å²) in [7, 11) is 0. The van der Waals surface area contributed by atoms with Crippen LogP contribution in [-0.4, -0.2) is 26.7 Å². The molecule has 0 atom stereocenters. The van der Waals surface area contributed by atoms with Gasteiger partial charge in [0.1, 0.15) is 5.03 Å². The van der Waals surface area contributed by atoms with E-state index in [0.29, 0.717) is 10.6 Å². The Kier molecular flexibility index (Phi) is 5.38. The van der Waals surface area contributed by atoms with Crippen LogP contribution >= 0.6 is 11.8 Å². The summed E-state index contributed by atoms with van der Waals surface area (Å²) >= 11 is 1.28. The molecule has 6 nitrogen and oxygen atoms in total. The average Bonchev–Trinajstić information content (AvgIpc) is 2.67. The Balaban J connectivity index is 1.61. The van der Waals surface area contributed by atoms with Crippen molar-refractivity contribution in [2.75, 3.05) is 5.75 Å². The molecule has 0 bridgehead atoms. The van der Waals surface area contributed by atoms with E-state index in [4.69, 9.17) is 0 Å². The second-order valence-corrected chi connectivity index (χ2v) is 6.63. The van der Waals surface area contributed by atoms with Gasteiger partial charge in [-0.2, -0.15) is 0 Å². The molecule has 0 aliphatic heterocycles. The molecular weight excluding hydrogens is 350 g/mol. The Labute approximate surface area is 154 Å². The second-order valence-electron chi connectivity index (χ2n) is 5.64. The van der Waals surface area contributed by atoms with Crippen molar-refractivity contribution in [2.24, 2.45) is 0 Å². The van der Waals surface area contributed by atoms with Gasteiger partial charge in [0, 0.05) is 23.3 Å². The van der Waals surface area contributed by atoms with Crippen LogP contribution in [0.1, 0.15) is 15.9 Å². The van der Waals surface area contributed by atoms with E-state index in [-0.39, 0.29) is 17.2 Å². The lowest BCUT2D eigenvalue weighted by Gasteiger charge is -2.03. The lowest BCUT2D eigenvalue weighted by atomic mass is 10.1. The average molecular weight is 365 g/mol. The first-order chi connectivity index (χ1) is 12.5. The van der Waals surface area contributed by atoms with Crippen molar-refractivity contribution in [3.05, 3.63) is 81.9 Å². The molecule has 0 N–H and O–H groups in total. The number of ketones is 1.